The van der Waals surface area contributed by atoms with Gasteiger partial charge in [-0.2, -0.15) is 4.98 Å². The second-order valence-corrected chi connectivity index (χ2v) is 6.49. The highest BCUT2D eigenvalue weighted by Gasteiger charge is 2.16. The van der Waals surface area contributed by atoms with E-state index in [0.717, 1.165) is 29.1 Å². The minimum absolute atomic E-state index is 0.143. The topological polar surface area (TPSA) is 78.9 Å². The quantitative estimate of drug-likeness (QED) is 0.526. The number of rotatable bonds is 7. The second-order valence-electron chi connectivity index (χ2n) is 6.49. The van der Waals surface area contributed by atoms with Gasteiger partial charge in [-0.05, 0) is 38.1 Å². The smallest absolute Gasteiger partial charge is 0.257 e. The normalized spacial score (nSPS) is 10.5. The molecular weight excluding hydrogens is 376 g/mol. The Morgan fingerprint density at radius 2 is 1.66 bits per heavy atom. The Hall–Kier alpha value is -3.55. The van der Waals surface area contributed by atoms with Gasteiger partial charge in [0, 0.05) is 30.5 Å². The third-order valence-electron chi connectivity index (χ3n) is 4.06. The monoisotopic (exact) mass is 397 g/mol. The number of halogens is 2. The predicted octanol–water partition coefficient (Wildman–Crippen LogP) is 3.96. The van der Waals surface area contributed by atoms with Crippen molar-refractivity contribution in [1.82, 2.24) is 15.3 Å². The Morgan fingerprint density at radius 3 is 2.34 bits per heavy atom. The maximum atomic E-state index is 13.6. The summed E-state index contributed by atoms with van der Waals surface area (Å²) in [5, 5.41) is 8.68. The second kappa shape index (κ2) is 9.09. The maximum Gasteiger partial charge on any atom is 0.257 e. The number of aromatic nitrogens is 2. The van der Waals surface area contributed by atoms with E-state index in [2.05, 4.69) is 25.9 Å². The molecule has 29 heavy (non-hydrogen) atoms. The van der Waals surface area contributed by atoms with Crippen molar-refractivity contribution in [3.63, 3.8) is 0 Å². The molecule has 1 aromatic heterocycles. The van der Waals surface area contributed by atoms with E-state index in [1.807, 2.05) is 44.2 Å². The Bertz CT molecular complexity index is 988. The molecule has 0 aliphatic heterocycles. The van der Waals surface area contributed by atoms with Crippen LogP contribution in [0.1, 0.15) is 21.6 Å². The van der Waals surface area contributed by atoms with Crippen molar-refractivity contribution in [2.75, 3.05) is 23.7 Å². The molecule has 3 aromatic rings. The summed E-state index contributed by atoms with van der Waals surface area (Å²) in [6.07, 6.45) is 0. The van der Waals surface area contributed by atoms with E-state index in [1.165, 1.54) is 6.07 Å². The molecule has 150 valence electrons. The van der Waals surface area contributed by atoms with Crippen LogP contribution in [0.5, 0.6) is 0 Å². The summed E-state index contributed by atoms with van der Waals surface area (Å²) in [5.74, 6) is -1.60. The molecule has 0 aliphatic carbocycles. The van der Waals surface area contributed by atoms with Gasteiger partial charge in [-0.3, -0.25) is 4.79 Å². The zero-order valence-corrected chi connectivity index (χ0v) is 16.1. The number of amides is 1. The molecular formula is C21H21F2N5O. The summed E-state index contributed by atoms with van der Waals surface area (Å²) in [5.41, 5.74) is 2.23. The van der Waals surface area contributed by atoms with Gasteiger partial charge in [-0.25, -0.2) is 13.8 Å². The van der Waals surface area contributed by atoms with Gasteiger partial charge in [-0.1, -0.05) is 23.8 Å². The zero-order chi connectivity index (χ0) is 20.8. The number of benzene rings is 2. The molecule has 0 radical (unpaired) electrons. The molecule has 8 heteroatoms. The highest BCUT2D eigenvalue weighted by Crippen LogP contribution is 2.17. The third kappa shape index (κ3) is 5.47. The molecule has 0 unspecified atom stereocenters. The Labute approximate surface area is 167 Å². The van der Waals surface area contributed by atoms with E-state index < -0.39 is 23.1 Å². The Balaban J connectivity index is 1.56. The van der Waals surface area contributed by atoms with Crippen LogP contribution in [0.2, 0.25) is 0 Å². The average Bonchev–Trinajstić information content (AvgIpc) is 2.66. The maximum absolute atomic E-state index is 13.6. The molecule has 0 aliphatic rings. The summed E-state index contributed by atoms with van der Waals surface area (Å²) in [4.78, 5) is 20.7. The molecule has 0 bridgehead atoms. The Morgan fingerprint density at radius 1 is 0.966 bits per heavy atom. The van der Waals surface area contributed by atoms with Crippen molar-refractivity contribution in [3.8, 4) is 0 Å². The van der Waals surface area contributed by atoms with Crippen LogP contribution in [0.15, 0.2) is 48.5 Å². The molecule has 1 heterocycles. The van der Waals surface area contributed by atoms with E-state index in [0.29, 0.717) is 11.8 Å². The highest BCUT2D eigenvalue weighted by atomic mass is 19.1. The minimum atomic E-state index is -0.899. The van der Waals surface area contributed by atoms with Gasteiger partial charge in [0.05, 0.1) is 0 Å². The highest BCUT2D eigenvalue weighted by molar-refractivity contribution is 5.94. The van der Waals surface area contributed by atoms with Crippen molar-refractivity contribution >= 4 is 23.4 Å². The summed E-state index contributed by atoms with van der Waals surface area (Å²) in [7, 11) is 0. The fraction of sp³-hybridized carbons (Fsp3) is 0.190. The van der Waals surface area contributed by atoms with Crippen LogP contribution in [0.3, 0.4) is 0 Å². The molecule has 0 spiro atoms. The lowest BCUT2D eigenvalue weighted by atomic mass is 10.2. The van der Waals surface area contributed by atoms with Gasteiger partial charge in [0.2, 0.25) is 5.95 Å². The van der Waals surface area contributed by atoms with Crippen LogP contribution in [-0.2, 0) is 0 Å². The first-order valence-electron chi connectivity index (χ1n) is 9.08. The van der Waals surface area contributed by atoms with Crippen LogP contribution in [0, 0.1) is 25.5 Å². The molecule has 6 nitrogen and oxygen atoms in total. The molecule has 0 fully saturated rings. The van der Waals surface area contributed by atoms with Gasteiger partial charge in [0.15, 0.2) is 0 Å². The Kier molecular flexibility index (Phi) is 6.33. The van der Waals surface area contributed by atoms with E-state index in [9.17, 15) is 13.6 Å². The lowest BCUT2D eigenvalue weighted by Crippen LogP contribution is -2.30. The van der Waals surface area contributed by atoms with Crippen LogP contribution in [0.4, 0.5) is 26.2 Å². The molecule has 1 amide bonds. The van der Waals surface area contributed by atoms with Crippen molar-refractivity contribution in [2.45, 2.75) is 13.8 Å². The largest absolute Gasteiger partial charge is 0.352 e. The molecule has 0 atom stereocenters. The molecule has 3 N–H and O–H groups in total. The fourth-order valence-corrected chi connectivity index (χ4v) is 2.65. The van der Waals surface area contributed by atoms with Crippen molar-refractivity contribution in [3.05, 3.63) is 77.0 Å². The number of carbonyl (C=O) groups excluding carboxylic acids is 1. The number of hydrogen-bond donors (Lipinski definition) is 3. The number of aryl methyl sites for hydroxylation is 2. The predicted molar refractivity (Wildman–Crippen MR) is 108 cm³/mol. The molecule has 2 aromatic carbocycles. The van der Waals surface area contributed by atoms with Gasteiger partial charge in [0.1, 0.15) is 23.0 Å². The number of nitrogens with zero attached hydrogens (tertiary/aromatic N) is 2. The SMILES string of the molecule is Cc1ccc(Nc2cc(C)nc(NCCNC(=O)c3c(F)cccc3F)n2)cc1. The fourth-order valence-electron chi connectivity index (χ4n) is 2.65. The number of carbonyl (C=O) groups is 1. The van der Waals surface area contributed by atoms with E-state index in [4.69, 9.17) is 0 Å². The average molecular weight is 397 g/mol. The molecule has 0 saturated heterocycles. The third-order valence-corrected chi connectivity index (χ3v) is 4.06. The van der Waals surface area contributed by atoms with Crippen molar-refractivity contribution < 1.29 is 13.6 Å². The van der Waals surface area contributed by atoms with Crippen molar-refractivity contribution in [2.24, 2.45) is 0 Å². The number of nitrogens with one attached hydrogen (secondary N) is 3. The van der Waals surface area contributed by atoms with E-state index in [1.54, 1.807) is 0 Å². The van der Waals surface area contributed by atoms with E-state index >= 15 is 0 Å². The zero-order valence-electron chi connectivity index (χ0n) is 16.1. The van der Waals surface area contributed by atoms with Gasteiger partial charge in [-0.15, -0.1) is 0 Å². The van der Waals surface area contributed by atoms with Crippen LogP contribution >= 0.6 is 0 Å². The van der Waals surface area contributed by atoms with E-state index in [-0.39, 0.29) is 13.1 Å². The van der Waals surface area contributed by atoms with Crippen molar-refractivity contribution in [1.29, 1.82) is 0 Å². The number of anilines is 3. The molecule has 3 rings (SSSR count). The minimum Gasteiger partial charge on any atom is -0.352 e. The summed E-state index contributed by atoms with van der Waals surface area (Å²) < 4.78 is 27.2. The van der Waals surface area contributed by atoms with Crippen LogP contribution in [-0.4, -0.2) is 29.0 Å². The van der Waals surface area contributed by atoms with Gasteiger partial charge >= 0.3 is 0 Å². The first kappa shape index (κ1) is 20.2. The first-order valence-corrected chi connectivity index (χ1v) is 9.08. The number of hydrogen-bond acceptors (Lipinski definition) is 5. The lowest BCUT2D eigenvalue weighted by molar-refractivity contribution is 0.0946. The summed E-state index contributed by atoms with van der Waals surface area (Å²) in [6.45, 7) is 4.29. The molecule has 0 saturated carbocycles. The van der Waals surface area contributed by atoms with Crippen LogP contribution < -0.4 is 16.0 Å². The lowest BCUT2D eigenvalue weighted by Gasteiger charge is -2.11. The van der Waals surface area contributed by atoms with Gasteiger partial charge < -0.3 is 16.0 Å². The van der Waals surface area contributed by atoms with Crippen LogP contribution in [0.25, 0.3) is 0 Å². The summed E-state index contributed by atoms with van der Waals surface area (Å²) in [6, 6.07) is 13.0. The standard InChI is InChI=1S/C21H21F2N5O/c1-13-6-8-15(9-7-13)27-18-12-14(2)26-21(28-18)25-11-10-24-20(29)19-16(22)4-3-5-17(19)23/h3-9,12H,10-11H2,1-2H3,(H,24,29)(H2,25,26,27,28). The van der Waals surface area contributed by atoms with Gasteiger partial charge in [0.25, 0.3) is 5.91 Å². The summed E-state index contributed by atoms with van der Waals surface area (Å²) >= 11 is 0. The first-order chi connectivity index (χ1) is 13.9.